The van der Waals surface area contributed by atoms with Crippen molar-refractivity contribution in [3.05, 3.63) is 29.8 Å². The first-order valence-electron chi connectivity index (χ1n) is 6.40. The van der Waals surface area contributed by atoms with Crippen molar-refractivity contribution in [2.75, 3.05) is 20.3 Å². The molecule has 0 bridgehead atoms. The summed E-state index contributed by atoms with van der Waals surface area (Å²) in [5.74, 6) is -0.262. The summed E-state index contributed by atoms with van der Waals surface area (Å²) >= 11 is 0. The van der Waals surface area contributed by atoms with Crippen molar-refractivity contribution in [3.8, 4) is 0 Å². The van der Waals surface area contributed by atoms with Gasteiger partial charge in [-0.2, -0.15) is 0 Å². The summed E-state index contributed by atoms with van der Waals surface area (Å²) in [4.78, 5) is 12.0. The number of hydrogen-bond donors (Lipinski definition) is 0. The van der Waals surface area contributed by atoms with E-state index in [2.05, 4.69) is 4.74 Å². The van der Waals surface area contributed by atoms with Crippen molar-refractivity contribution < 1.29 is 18.5 Å². The number of esters is 1. The van der Waals surface area contributed by atoms with E-state index in [-0.39, 0.29) is 17.6 Å². The minimum absolute atomic E-state index is 0.218. The van der Waals surface area contributed by atoms with Gasteiger partial charge in [-0.05, 0) is 17.7 Å². The number of benzene rings is 1. The van der Waals surface area contributed by atoms with Crippen LogP contribution in [0.2, 0.25) is 0 Å². The lowest BCUT2D eigenvalue weighted by molar-refractivity contribution is -0.139. The van der Waals surface area contributed by atoms with E-state index in [4.69, 9.17) is 4.74 Å². The normalized spacial score (nSPS) is 17.9. The van der Waals surface area contributed by atoms with Crippen LogP contribution in [0.1, 0.15) is 18.4 Å². The molecule has 1 aliphatic rings. The van der Waals surface area contributed by atoms with Gasteiger partial charge in [0.25, 0.3) is 0 Å². The summed E-state index contributed by atoms with van der Waals surface area (Å²) in [7, 11) is -0.00260. The SMILES string of the molecule is COC(=O)Cc1ccc([SH+](=O)C2CCOCC2)cc1. The average molecular weight is 283 g/mol. The number of rotatable bonds is 4. The molecule has 19 heavy (non-hydrogen) atoms. The second-order valence-electron chi connectivity index (χ2n) is 4.59. The Balaban J connectivity index is 2.01. The molecule has 104 valence electrons. The van der Waals surface area contributed by atoms with E-state index in [1.54, 1.807) is 0 Å². The second-order valence-corrected chi connectivity index (χ2v) is 6.49. The van der Waals surface area contributed by atoms with Gasteiger partial charge in [0.1, 0.15) is 16.0 Å². The van der Waals surface area contributed by atoms with Crippen molar-refractivity contribution in [3.63, 3.8) is 0 Å². The topological polar surface area (TPSA) is 52.6 Å². The zero-order valence-electron chi connectivity index (χ0n) is 11.0. The molecule has 0 spiro atoms. The van der Waals surface area contributed by atoms with Crippen LogP contribution < -0.4 is 0 Å². The summed E-state index contributed by atoms with van der Waals surface area (Å²) in [6.07, 6.45) is 1.98. The molecule has 1 aromatic rings. The van der Waals surface area contributed by atoms with Gasteiger partial charge in [-0.25, -0.2) is 0 Å². The van der Waals surface area contributed by atoms with Gasteiger partial charge in [-0.3, -0.25) is 4.79 Å². The summed E-state index contributed by atoms with van der Waals surface area (Å²) in [5.41, 5.74) is 0.881. The van der Waals surface area contributed by atoms with Crippen LogP contribution in [0.4, 0.5) is 0 Å². The van der Waals surface area contributed by atoms with E-state index in [1.165, 1.54) is 7.11 Å². The highest BCUT2D eigenvalue weighted by molar-refractivity contribution is 7.85. The maximum Gasteiger partial charge on any atom is 0.309 e. The number of thiol groups is 1. The molecule has 2 rings (SSSR count). The van der Waals surface area contributed by atoms with Gasteiger partial charge in [0, 0.05) is 12.8 Å². The maximum absolute atomic E-state index is 12.4. The Morgan fingerprint density at radius 3 is 2.53 bits per heavy atom. The van der Waals surface area contributed by atoms with E-state index in [0.29, 0.717) is 13.2 Å². The molecule has 1 aromatic carbocycles. The molecule has 1 aliphatic heterocycles. The van der Waals surface area contributed by atoms with Crippen LogP contribution in [0, 0.1) is 0 Å². The van der Waals surface area contributed by atoms with E-state index < -0.39 is 10.8 Å². The van der Waals surface area contributed by atoms with Gasteiger partial charge in [0.05, 0.1) is 26.7 Å². The van der Waals surface area contributed by atoms with Gasteiger partial charge < -0.3 is 9.47 Å². The van der Waals surface area contributed by atoms with Crippen molar-refractivity contribution in [1.82, 2.24) is 0 Å². The first-order chi connectivity index (χ1) is 9.20. The van der Waals surface area contributed by atoms with Crippen LogP contribution >= 0.6 is 0 Å². The van der Waals surface area contributed by atoms with Gasteiger partial charge in [-0.1, -0.05) is 12.1 Å². The minimum Gasteiger partial charge on any atom is -0.469 e. The lowest BCUT2D eigenvalue weighted by atomic mass is 10.1. The standard InChI is InChI=1S/C14H18O4S/c1-17-14(15)10-11-2-4-12(5-3-11)19(16)13-6-8-18-9-7-13/h2-5,13H,6-10H2,1H3/p+1. The zero-order valence-corrected chi connectivity index (χ0v) is 11.9. The quantitative estimate of drug-likeness (QED) is 0.479. The molecule has 0 N–H and O–H groups in total. The molecular weight excluding hydrogens is 264 g/mol. The number of carbonyl (C=O) groups excluding carboxylic acids is 1. The highest BCUT2D eigenvalue weighted by Crippen LogP contribution is 2.20. The maximum atomic E-state index is 12.4. The van der Waals surface area contributed by atoms with E-state index in [1.807, 2.05) is 24.3 Å². The molecule has 1 fully saturated rings. The van der Waals surface area contributed by atoms with Gasteiger partial charge >= 0.3 is 5.97 Å². The molecule has 1 saturated heterocycles. The molecule has 0 amide bonds. The minimum atomic E-state index is -1.38. The molecule has 0 aliphatic carbocycles. The predicted molar refractivity (Wildman–Crippen MR) is 73.7 cm³/mol. The van der Waals surface area contributed by atoms with Gasteiger partial charge in [-0.15, -0.1) is 4.21 Å². The van der Waals surface area contributed by atoms with Gasteiger partial charge in [0.2, 0.25) is 0 Å². The summed E-state index contributed by atoms with van der Waals surface area (Å²) < 4.78 is 22.3. The molecular formula is C14H19O4S+. The highest BCUT2D eigenvalue weighted by atomic mass is 32.2. The molecule has 1 unspecified atom stereocenters. The van der Waals surface area contributed by atoms with E-state index >= 15 is 0 Å². The van der Waals surface area contributed by atoms with E-state index in [9.17, 15) is 9.00 Å². The largest absolute Gasteiger partial charge is 0.469 e. The molecule has 0 radical (unpaired) electrons. The van der Waals surface area contributed by atoms with Crippen LogP contribution in [0.25, 0.3) is 0 Å². The lowest BCUT2D eigenvalue weighted by Gasteiger charge is -2.17. The smallest absolute Gasteiger partial charge is 0.309 e. The van der Waals surface area contributed by atoms with Crippen LogP contribution in [0.5, 0.6) is 0 Å². The summed E-state index contributed by atoms with van der Waals surface area (Å²) in [6.45, 7) is 1.40. The fourth-order valence-electron chi connectivity index (χ4n) is 2.13. The Morgan fingerprint density at radius 2 is 1.95 bits per heavy atom. The van der Waals surface area contributed by atoms with Crippen LogP contribution in [0.3, 0.4) is 0 Å². The first kappa shape index (κ1) is 14.2. The number of methoxy groups -OCH3 is 1. The average Bonchev–Trinajstić information content (AvgIpc) is 2.48. The first-order valence-corrected chi connectivity index (χ1v) is 7.73. The third kappa shape index (κ3) is 3.88. The molecule has 1 atom stereocenters. The predicted octanol–water partition coefficient (Wildman–Crippen LogP) is 1.64. The van der Waals surface area contributed by atoms with Crippen LogP contribution in [0.15, 0.2) is 29.2 Å². The second kappa shape index (κ2) is 6.82. The molecule has 0 saturated carbocycles. The fourth-order valence-corrected chi connectivity index (χ4v) is 3.67. The lowest BCUT2D eigenvalue weighted by Crippen LogP contribution is -2.24. The van der Waals surface area contributed by atoms with Crippen molar-refractivity contribution >= 4 is 16.8 Å². The Kier molecular flexibility index (Phi) is 5.10. The molecule has 0 aromatic heterocycles. The van der Waals surface area contributed by atoms with Crippen molar-refractivity contribution in [2.24, 2.45) is 0 Å². The van der Waals surface area contributed by atoms with Crippen LogP contribution in [-0.2, 0) is 35.7 Å². The molecule has 5 heteroatoms. The number of ether oxygens (including phenoxy) is 2. The fraction of sp³-hybridized carbons (Fsp3) is 0.500. The Hall–Kier alpha value is -1.20. The van der Waals surface area contributed by atoms with Crippen molar-refractivity contribution in [1.29, 1.82) is 0 Å². The monoisotopic (exact) mass is 283 g/mol. The number of carbonyl (C=O) groups is 1. The summed E-state index contributed by atoms with van der Waals surface area (Å²) in [5, 5.41) is 0.218. The van der Waals surface area contributed by atoms with Crippen molar-refractivity contribution in [2.45, 2.75) is 29.4 Å². The third-order valence-electron chi connectivity index (χ3n) is 3.29. The third-order valence-corrected chi connectivity index (χ3v) is 5.28. The summed E-state index contributed by atoms with van der Waals surface area (Å²) in [6, 6.07) is 7.40. The Labute approximate surface area is 115 Å². The van der Waals surface area contributed by atoms with Crippen LogP contribution in [-0.4, -0.2) is 31.5 Å². The molecule has 1 heterocycles. The number of hydrogen-bond acceptors (Lipinski definition) is 4. The zero-order chi connectivity index (χ0) is 13.7. The Bertz CT molecular complexity index is 449. The Morgan fingerprint density at radius 1 is 1.32 bits per heavy atom. The van der Waals surface area contributed by atoms with Gasteiger partial charge in [0.15, 0.2) is 4.90 Å². The molecule has 4 nitrogen and oxygen atoms in total. The van der Waals surface area contributed by atoms with E-state index in [0.717, 1.165) is 23.3 Å². The highest BCUT2D eigenvalue weighted by Gasteiger charge is 2.26.